The van der Waals surface area contributed by atoms with Crippen LogP contribution < -0.4 is 0 Å². The molecule has 0 nitrogen and oxygen atoms in total. The van der Waals surface area contributed by atoms with Crippen molar-refractivity contribution in [1.82, 2.24) is 0 Å². The Kier molecular flexibility index (Phi) is 3.41. The van der Waals surface area contributed by atoms with E-state index in [0.717, 1.165) is 0 Å². The smallest absolute Gasteiger partial charge is 0.0222 e. The number of allylic oxidation sites excluding steroid dienone is 4. The maximum Gasteiger partial charge on any atom is -0.0222 e. The summed E-state index contributed by atoms with van der Waals surface area (Å²) < 4.78 is 0. The normalized spacial score (nSPS) is 27.0. The number of rotatable bonds is 1. The van der Waals surface area contributed by atoms with Crippen LogP contribution in [-0.4, -0.2) is 0 Å². The molecular formula is C11H18. The minimum absolute atomic E-state index is 0.698. The van der Waals surface area contributed by atoms with Crippen LogP contribution in [0.1, 0.15) is 39.5 Å². The lowest BCUT2D eigenvalue weighted by Gasteiger charge is -2.08. The molecule has 11 heavy (non-hydrogen) atoms. The van der Waals surface area contributed by atoms with E-state index in [1.54, 1.807) is 0 Å². The van der Waals surface area contributed by atoms with E-state index in [2.05, 4.69) is 32.1 Å². The van der Waals surface area contributed by atoms with Crippen molar-refractivity contribution in [3.05, 3.63) is 23.8 Å². The highest BCUT2D eigenvalue weighted by atomic mass is 14.1. The van der Waals surface area contributed by atoms with Crippen LogP contribution in [0.2, 0.25) is 0 Å². The molecule has 0 bridgehead atoms. The highest BCUT2D eigenvalue weighted by Gasteiger charge is 1.99. The molecule has 0 aromatic rings. The Morgan fingerprint density at radius 2 is 1.91 bits per heavy atom. The van der Waals surface area contributed by atoms with Crippen molar-refractivity contribution >= 4 is 0 Å². The van der Waals surface area contributed by atoms with Gasteiger partial charge in [0.2, 0.25) is 0 Å². The Morgan fingerprint density at radius 1 is 1.18 bits per heavy atom. The van der Waals surface area contributed by atoms with Crippen molar-refractivity contribution in [3.63, 3.8) is 0 Å². The third kappa shape index (κ3) is 2.92. The zero-order chi connectivity index (χ0) is 8.10. The summed E-state index contributed by atoms with van der Waals surface area (Å²) in [5.41, 5.74) is 1.52. The molecule has 0 heteroatoms. The molecule has 0 saturated carbocycles. The number of hydrogen-bond donors (Lipinski definition) is 0. The van der Waals surface area contributed by atoms with Gasteiger partial charge < -0.3 is 0 Å². The highest BCUT2D eigenvalue weighted by molar-refractivity contribution is 5.21. The van der Waals surface area contributed by atoms with Crippen LogP contribution in [0.4, 0.5) is 0 Å². The third-order valence-electron chi connectivity index (χ3n) is 2.18. The first-order valence-corrected chi connectivity index (χ1v) is 4.67. The first-order valence-electron chi connectivity index (χ1n) is 4.67. The van der Waals surface area contributed by atoms with E-state index in [-0.39, 0.29) is 0 Å². The molecule has 0 heterocycles. The summed E-state index contributed by atoms with van der Waals surface area (Å²) in [6.07, 6.45) is 12.3. The van der Waals surface area contributed by atoms with Gasteiger partial charge in [0.15, 0.2) is 0 Å². The predicted molar refractivity (Wildman–Crippen MR) is 50.5 cm³/mol. The fraction of sp³-hybridized carbons (Fsp3) is 0.636. The maximum atomic E-state index is 2.39. The highest BCUT2D eigenvalue weighted by Crippen LogP contribution is 2.16. The van der Waals surface area contributed by atoms with Crippen LogP contribution in [0.3, 0.4) is 0 Å². The van der Waals surface area contributed by atoms with Crippen LogP contribution in [0.15, 0.2) is 23.8 Å². The molecule has 0 amide bonds. The molecule has 0 saturated heterocycles. The molecule has 1 rings (SSSR count). The fourth-order valence-electron chi connectivity index (χ4n) is 1.39. The summed E-state index contributed by atoms with van der Waals surface area (Å²) in [5.74, 6) is 0.698. The van der Waals surface area contributed by atoms with Crippen molar-refractivity contribution in [3.8, 4) is 0 Å². The van der Waals surface area contributed by atoms with Gasteiger partial charge in [-0.25, -0.2) is 0 Å². The zero-order valence-electron chi connectivity index (χ0n) is 7.64. The van der Waals surface area contributed by atoms with E-state index in [9.17, 15) is 0 Å². The lowest BCUT2D eigenvalue weighted by molar-refractivity contribution is 0.726. The molecule has 0 aromatic heterocycles. The summed E-state index contributed by atoms with van der Waals surface area (Å²) in [4.78, 5) is 0. The third-order valence-corrected chi connectivity index (χ3v) is 2.18. The van der Waals surface area contributed by atoms with Crippen LogP contribution in [0.5, 0.6) is 0 Å². The maximum absolute atomic E-state index is 2.39. The predicted octanol–water partition coefficient (Wildman–Crippen LogP) is 3.70. The molecule has 0 spiro atoms. The first-order chi connectivity index (χ1) is 5.30. The molecule has 0 atom stereocenters. The molecule has 1 aliphatic carbocycles. The second-order valence-electron chi connectivity index (χ2n) is 3.55. The summed E-state index contributed by atoms with van der Waals surface area (Å²) in [6.45, 7) is 4.52. The van der Waals surface area contributed by atoms with Crippen LogP contribution in [-0.2, 0) is 0 Å². The summed E-state index contributed by atoms with van der Waals surface area (Å²) >= 11 is 0. The Morgan fingerprint density at radius 3 is 2.64 bits per heavy atom. The second-order valence-corrected chi connectivity index (χ2v) is 3.55. The Bertz CT molecular complexity index is 161. The standard InChI is InChI=1S/C11H18/c1-10(2)11-8-6-4-3-5-7-9-11/h6,8-10H,3-5,7H2,1-2H3/b8-6-,11-9+. The summed E-state index contributed by atoms with van der Waals surface area (Å²) in [6, 6.07) is 0. The minimum atomic E-state index is 0.698. The van der Waals surface area contributed by atoms with Gasteiger partial charge in [-0.3, -0.25) is 0 Å². The van der Waals surface area contributed by atoms with Gasteiger partial charge in [-0.15, -0.1) is 0 Å². The van der Waals surface area contributed by atoms with Gasteiger partial charge in [0.1, 0.15) is 0 Å². The van der Waals surface area contributed by atoms with Gasteiger partial charge in [-0.1, -0.05) is 32.1 Å². The number of hydrogen-bond acceptors (Lipinski definition) is 0. The molecule has 0 fully saturated rings. The van der Waals surface area contributed by atoms with Crippen molar-refractivity contribution in [2.24, 2.45) is 5.92 Å². The van der Waals surface area contributed by atoms with Gasteiger partial charge in [-0.05, 0) is 37.2 Å². The molecule has 62 valence electrons. The average Bonchev–Trinajstić information content (AvgIpc) is 1.84. The lowest BCUT2D eigenvalue weighted by Crippen LogP contribution is -1.92. The minimum Gasteiger partial charge on any atom is -0.0843 e. The van der Waals surface area contributed by atoms with E-state index in [4.69, 9.17) is 0 Å². The van der Waals surface area contributed by atoms with Crippen molar-refractivity contribution in [2.45, 2.75) is 39.5 Å². The Balaban J connectivity index is 2.59. The van der Waals surface area contributed by atoms with Crippen molar-refractivity contribution in [1.29, 1.82) is 0 Å². The van der Waals surface area contributed by atoms with E-state index in [1.165, 1.54) is 31.3 Å². The van der Waals surface area contributed by atoms with Crippen LogP contribution in [0, 0.1) is 5.92 Å². The first kappa shape index (κ1) is 8.58. The van der Waals surface area contributed by atoms with E-state index >= 15 is 0 Å². The molecule has 0 aromatic carbocycles. The second kappa shape index (κ2) is 4.38. The lowest BCUT2D eigenvalue weighted by atomic mass is 9.98. The molecule has 1 aliphatic rings. The zero-order valence-corrected chi connectivity index (χ0v) is 7.64. The molecular weight excluding hydrogens is 132 g/mol. The molecule has 0 N–H and O–H groups in total. The topological polar surface area (TPSA) is 0 Å². The summed E-state index contributed by atoms with van der Waals surface area (Å²) in [5, 5.41) is 0. The van der Waals surface area contributed by atoms with Crippen molar-refractivity contribution < 1.29 is 0 Å². The summed E-state index contributed by atoms with van der Waals surface area (Å²) in [7, 11) is 0. The van der Waals surface area contributed by atoms with Gasteiger partial charge in [0.05, 0.1) is 0 Å². The average molecular weight is 150 g/mol. The fourth-order valence-corrected chi connectivity index (χ4v) is 1.39. The van der Waals surface area contributed by atoms with Gasteiger partial charge in [0, 0.05) is 0 Å². The van der Waals surface area contributed by atoms with Gasteiger partial charge >= 0.3 is 0 Å². The van der Waals surface area contributed by atoms with E-state index < -0.39 is 0 Å². The van der Waals surface area contributed by atoms with Gasteiger partial charge in [-0.2, -0.15) is 0 Å². The van der Waals surface area contributed by atoms with E-state index in [0.29, 0.717) is 5.92 Å². The SMILES string of the molecule is CC(C)C1=C/CCCC/C=C\1. The van der Waals surface area contributed by atoms with E-state index in [1.807, 2.05) is 0 Å². The Labute approximate surface area is 70.0 Å². The molecule has 0 radical (unpaired) electrons. The molecule has 0 unspecified atom stereocenters. The van der Waals surface area contributed by atoms with Crippen LogP contribution >= 0.6 is 0 Å². The van der Waals surface area contributed by atoms with Crippen molar-refractivity contribution in [2.75, 3.05) is 0 Å². The quantitative estimate of drug-likeness (QED) is 0.534. The van der Waals surface area contributed by atoms with Gasteiger partial charge in [0.25, 0.3) is 0 Å². The Hall–Kier alpha value is -0.520. The largest absolute Gasteiger partial charge is 0.0843 e. The monoisotopic (exact) mass is 150 g/mol. The molecule has 0 aliphatic heterocycles. The van der Waals surface area contributed by atoms with Crippen LogP contribution in [0.25, 0.3) is 0 Å².